The number of hydroxylamine groups is 2. The summed E-state index contributed by atoms with van der Waals surface area (Å²) in [5, 5.41) is 9.14. The van der Waals surface area contributed by atoms with Gasteiger partial charge in [-0.25, -0.2) is 0 Å². The van der Waals surface area contributed by atoms with E-state index in [1.807, 2.05) is 0 Å². The lowest BCUT2D eigenvalue weighted by atomic mass is 10.1. The summed E-state index contributed by atoms with van der Waals surface area (Å²) in [5.41, 5.74) is 0.649. The second-order valence-corrected chi connectivity index (χ2v) is 4.65. The van der Waals surface area contributed by atoms with Crippen molar-refractivity contribution in [2.75, 3.05) is 33.0 Å². The summed E-state index contributed by atoms with van der Waals surface area (Å²) in [7, 11) is 0. The average Bonchev–Trinajstić information content (AvgIpc) is 2.78. The van der Waals surface area contributed by atoms with Crippen molar-refractivity contribution in [3.63, 3.8) is 0 Å². The summed E-state index contributed by atoms with van der Waals surface area (Å²) in [6.07, 6.45) is -0.0527. The van der Waals surface area contributed by atoms with Crippen molar-refractivity contribution < 1.29 is 33.8 Å². The number of nitrogens with zero attached hydrogens (tertiary/aromatic N) is 1. The van der Waals surface area contributed by atoms with E-state index in [0.717, 1.165) is 5.06 Å². The van der Waals surface area contributed by atoms with Crippen molar-refractivity contribution in [1.29, 1.82) is 0 Å². The molecule has 0 unspecified atom stereocenters. The molecular formula is C15H17NO7. The molecule has 1 aliphatic heterocycles. The van der Waals surface area contributed by atoms with Crippen molar-refractivity contribution in [2.45, 2.75) is 6.42 Å². The highest BCUT2D eigenvalue weighted by molar-refractivity contribution is 6.20. The quantitative estimate of drug-likeness (QED) is 0.500. The molecule has 0 spiro atoms. The van der Waals surface area contributed by atoms with E-state index in [2.05, 4.69) is 0 Å². The molecule has 0 fully saturated rings. The van der Waals surface area contributed by atoms with E-state index in [-0.39, 0.29) is 39.5 Å². The van der Waals surface area contributed by atoms with Crippen LogP contribution in [-0.2, 0) is 19.1 Å². The number of imide groups is 1. The molecule has 1 aliphatic rings. The first-order valence-corrected chi connectivity index (χ1v) is 7.09. The van der Waals surface area contributed by atoms with Crippen molar-refractivity contribution in [3.8, 4) is 0 Å². The number of carbonyl (C=O) groups excluding carboxylic acids is 2. The van der Waals surface area contributed by atoms with Crippen LogP contribution in [0.2, 0.25) is 0 Å². The zero-order valence-corrected chi connectivity index (χ0v) is 12.4. The fourth-order valence-corrected chi connectivity index (χ4v) is 1.95. The lowest BCUT2D eigenvalue weighted by Crippen LogP contribution is -2.31. The smallest absolute Gasteiger partial charge is 0.305 e. The minimum Gasteiger partial charge on any atom is -0.481 e. The van der Waals surface area contributed by atoms with Crippen LogP contribution in [-0.4, -0.2) is 61.0 Å². The SMILES string of the molecule is O=C(O)CCOCCOCCON1C(=O)c2ccccc2C1=O. The molecule has 0 aromatic heterocycles. The Morgan fingerprint density at radius 3 is 2.00 bits per heavy atom. The molecule has 124 valence electrons. The third kappa shape index (κ3) is 4.59. The van der Waals surface area contributed by atoms with Crippen LogP contribution in [0.4, 0.5) is 0 Å². The van der Waals surface area contributed by atoms with Crippen LogP contribution in [0.5, 0.6) is 0 Å². The van der Waals surface area contributed by atoms with Gasteiger partial charge in [-0.05, 0) is 12.1 Å². The fraction of sp³-hybridized carbons (Fsp3) is 0.400. The second kappa shape index (κ2) is 8.37. The predicted octanol–water partition coefficient (Wildman–Crippen LogP) is 0.722. The number of carboxylic acids is 1. The number of ether oxygens (including phenoxy) is 2. The highest BCUT2D eigenvalue weighted by Gasteiger charge is 2.36. The molecule has 0 bridgehead atoms. The van der Waals surface area contributed by atoms with E-state index < -0.39 is 17.8 Å². The number of carboxylic acid groups (broad SMARTS) is 1. The lowest BCUT2D eigenvalue weighted by Gasteiger charge is -2.13. The van der Waals surface area contributed by atoms with E-state index in [1.54, 1.807) is 24.3 Å². The standard InChI is InChI=1S/C15H17NO7/c17-13(18)5-6-21-7-8-22-9-10-23-16-14(19)11-3-1-2-4-12(11)15(16)20/h1-4H,5-10H2,(H,17,18). The van der Waals surface area contributed by atoms with Gasteiger partial charge in [-0.1, -0.05) is 12.1 Å². The molecule has 0 saturated carbocycles. The van der Waals surface area contributed by atoms with Crippen molar-refractivity contribution in [2.24, 2.45) is 0 Å². The minimum absolute atomic E-state index is 0.0423. The molecule has 2 amide bonds. The predicted molar refractivity (Wildman–Crippen MR) is 76.8 cm³/mol. The van der Waals surface area contributed by atoms with E-state index in [9.17, 15) is 14.4 Å². The molecule has 0 radical (unpaired) electrons. The van der Waals surface area contributed by atoms with Gasteiger partial charge in [0.2, 0.25) is 0 Å². The number of carbonyl (C=O) groups is 3. The van der Waals surface area contributed by atoms with Crippen molar-refractivity contribution in [3.05, 3.63) is 35.4 Å². The van der Waals surface area contributed by atoms with Crippen LogP contribution in [0.15, 0.2) is 24.3 Å². The summed E-state index contributed by atoms with van der Waals surface area (Å²) in [5.74, 6) is -1.88. The maximum absolute atomic E-state index is 12.0. The highest BCUT2D eigenvalue weighted by Crippen LogP contribution is 2.22. The Bertz CT molecular complexity index is 552. The summed E-state index contributed by atoms with van der Waals surface area (Å²) < 4.78 is 10.2. The van der Waals surface area contributed by atoms with Gasteiger partial charge >= 0.3 is 5.97 Å². The van der Waals surface area contributed by atoms with Crippen LogP contribution < -0.4 is 0 Å². The van der Waals surface area contributed by atoms with E-state index in [1.165, 1.54) is 0 Å². The van der Waals surface area contributed by atoms with Crippen molar-refractivity contribution >= 4 is 17.8 Å². The van der Waals surface area contributed by atoms with Crippen LogP contribution in [0.3, 0.4) is 0 Å². The van der Waals surface area contributed by atoms with Gasteiger partial charge in [0.15, 0.2) is 0 Å². The third-order valence-corrected chi connectivity index (χ3v) is 3.04. The van der Waals surface area contributed by atoms with Crippen LogP contribution in [0.1, 0.15) is 27.1 Å². The maximum atomic E-state index is 12.0. The summed E-state index contributed by atoms with van der Waals surface area (Å²) in [6.45, 7) is 0.881. The summed E-state index contributed by atoms with van der Waals surface area (Å²) >= 11 is 0. The molecule has 1 heterocycles. The number of fused-ring (bicyclic) bond motifs is 1. The Hall–Kier alpha value is -2.29. The molecule has 23 heavy (non-hydrogen) atoms. The molecule has 2 rings (SSSR count). The highest BCUT2D eigenvalue weighted by atomic mass is 16.7. The van der Waals surface area contributed by atoms with Crippen LogP contribution in [0, 0.1) is 0 Å². The van der Waals surface area contributed by atoms with Gasteiger partial charge in [-0.3, -0.25) is 19.2 Å². The topological polar surface area (TPSA) is 102 Å². The Labute approximate surface area is 132 Å². The Morgan fingerprint density at radius 2 is 1.43 bits per heavy atom. The fourth-order valence-electron chi connectivity index (χ4n) is 1.95. The molecule has 1 aromatic rings. The summed E-state index contributed by atoms with van der Waals surface area (Å²) in [6, 6.07) is 6.51. The first-order valence-electron chi connectivity index (χ1n) is 7.09. The van der Waals surface area contributed by atoms with Crippen molar-refractivity contribution in [1.82, 2.24) is 5.06 Å². The zero-order chi connectivity index (χ0) is 16.7. The Balaban J connectivity index is 1.60. The number of amides is 2. The number of aliphatic carboxylic acids is 1. The Kier molecular flexibility index (Phi) is 6.21. The molecule has 8 nitrogen and oxygen atoms in total. The van der Waals surface area contributed by atoms with Gasteiger partial charge in [0.25, 0.3) is 11.8 Å². The normalized spacial score (nSPS) is 13.5. The molecule has 0 aliphatic carbocycles. The van der Waals surface area contributed by atoms with Crippen LogP contribution in [0.25, 0.3) is 0 Å². The van der Waals surface area contributed by atoms with E-state index >= 15 is 0 Å². The first kappa shape index (κ1) is 17.1. The first-order chi connectivity index (χ1) is 11.1. The van der Waals surface area contributed by atoms with Crippen LogP contribution >= 0.6 is 0 Å². The third-order valence-electron chi connectivity index (χ3n) is 3.04. The van der Waals surface area contributed by atoms with Gasteiger partial charge in [-0.15, -0.1) is 5.06 Å². The number of hydrogen-bond donors (Lipinski definition) is 1. The van der Waals surface area contributed by atoms with E-state index in [0.29, 0.717) is 11.1 Å². The van der Waals surface area contributed by atoms with Gasteiger partial charge < -0.3 is 14.6 Å². The van der Waals surface area contributed by atoms with Gasteiger partial charge in [0.1, 0.15) is 0 Å². The average molecular weight is 323 g/mol. The monoisotopic (exact) mass is 323 g/mol. The van der Waals surface area contributed by atoms with Gasteiger partial charge in [0.05, 0.1) is 50.6 Å². The molecule has 0 atom stereocenters. The zero-order valence-electron chi connectivity index (χ0n) is 12.4. The summed E-state index contributed by atoms with van der Waals surface area (Å²) in [4.78, 5) is 39.3. The number of hydrogen-bond acceptors (Lipinski definition) is 6. The molecule has 0 saturated heterocycles. The largest absolute Gasteiger partial charge is 0.481 e. The molecule has 1 N–H and O–H groups in total. The molecule has 8 heteroatoms. The lowest BCUT2D eigenvalue weighted by molar-refractivity contribution is -0.138. The molecule has 1 aromatic carbocycles. The van der Waals surface area contributed by atoms with Gasteiger partial charge in [-0.2, -0.15) is 0 Å². The number of rotatable bonds is 10. The second-order valence-electron chi connectivity index (χ2n) is 4.65. The minimum atomic E-state index is -0.916. The molecular weight excluding hydrogens is 306 g/mol. The maximum Gasteiger partial charge on any atom is 0.305 e. The number of benzene rings is 1. The van der Waals surface area contributed by atoms with Gasteiger partial charge in [0, 0.05) is 0 Å². The Morgan fingerprint density at radius 1 is 0.913 bits per heavy atom. The van der Waals surface area contributed by atoms with E-state index in [4.69, 9.17) is 19.4 Å².